The van der Waals surface area contributed by atoms with Crippen molar-refractivity contribution in [2.45, 2.75) is 0 Å². The molecule has 0 fully saturated rings. The highest BCUT2D eigenvalue weighted by Gasteiger charge is 2.15. The van der Waals surface area contributed by atoms with Crippen molar-refractivity contribution >= 4 is 66.7 Å². The average Bonchev–Trinajstić information content (AvgIpc) is 2.57. The van der Waals surface area contributed by atoms with E-state index in [9.17, 15) is 0 Å². The van der Waals surface area contributed by atoms with Gasteiger partial charge in [0, 0.05) is 12.7 Å². The highest BCUT2D eigenvalue weighted by atomic mass is 127. The van der Waals surface area contributed by atoms with Gasteiger partial charge in [-0.3, -0.25) is 0 Å². The molecule has 4 aromatic carbocycles. The summed E-state index contributed by atoms with van der Waals surface area (Å²) >= 11 is 4.94. The molecule has 4 aromatic rings. The molecule has 0 bridgehead atoms. The molecule has 22 heavy (non-hydrogen) atoms. The quantitative estimate of drug-likeness (QED) is 0.195. The summed E-state index contributed by atoms with van der Waals surface area (Å²) in [5.74, 6) is 0. The molecule has 0 saturated carbocycles. The lowest BCUT2D eigenvalue weighted by Gasteiger charge is -2.15. The summed E-state index contributed by atoms with van der Waals surface area (Å²) in [7, 11) is 0. The summed E-state index contributed by atoms with van der Waals surface area (Å²) in [4.78, 5) is 0. The van der Waals surface area contributed by atoms with Crippen molar-refractivity contribution in [3.05, 3.63) is 79.9 Å². The summed E-state index contributed by atoms with van der Waals surface area (Å²) in [6, 6.07) is 26.0. The van der Waals surface area contributed by atoms with E-state index in [0.717, 1.165) is 0 Å². The van der Waals surface area contributed by atoms with Crippen molar-refractivity contribution in [3.63, 3.8) is 0 Å². The Morgan fingerprint density at radius 3 is 1.68 bits per heavy atom. The molecule has 0 saturated heterocycles. The van der Waals surface area contributed by atoms with Crippen LogP contribution in [0, 0.1) is 7.14 Å². The second kappa shape index (κ2) is 5.81. The van der Waals surface area contributed by atoms with Crippen LogP contribution in [0.15, 0.2) is 72.8 Å². The Kier molecular flexibility index (Phi) is 3.82. The summed E-state index contributed by atoms with van der Waals surface area (Å²) < 4.78 is 2.62. The van der Waals surface area contributed by atoms with Gasteiger partial charge in [0.15, 0.2) is 0 Å². The minimum Gasteiger partial charge on any atom is -0.0616 e. The summed E-state index contributed by atoms with van der Waals surface area (Å²) in [5.41, 5.74) is 2.66. The first-order valence-corrected chi connectivity index (χ1v) is 9.27. The predicted molar refractivity (Wildman–Crippen MR) is 112 cm³/mol. The molecular formula is C20H12I2. The number of benzene rings is 4. The van der Waals surface area contributed by atoms with Crippen LogP contribution < -0.4 is 0 Å². The Morgan fingerprint density at radius 2 is 1.00 bits per heavy atom. The van der Waals surface area contributed by atoms with E-state index >= 15 is 0 Å². The second-order valence-corrected chi connectivity index (χ2v) is 7.50. The van der Waals surface area contributed by atoms with E-state index < -0.39 is 0 Å². The van der Waals surface area contributed by atoms with Crippen molar-refractivity contribution in [2.75, 3.05) is 0 Å². The average molecular weight is 506 g/mol. The molecule has 0 atom stereocenters. The monoisotopic (exact) mass is 506 g/mol. The Morgan fingerprint density at radius 1 is 0.500 bits per heavy atom. The topological polar surface area (TPSA) is 0 Å². The highest BCUT2D eigenvalue weighted by Crippen LogP contribution is 2.40. The van der Waals surface area contributed by atoms with Gasteiger partial charge in [-0.05, 0) is 78.4 Å². The van der Waals surface area contributed by atoms with Crippen molar-refractivity contribution < 1.29 is 0 Å². The van der Waals surface area contributed by atoms with Gasteiger partial charge in [0.25, 0.3) is 0 Å². The van der Waals surface area contributed by atoms with Crippen LogP contribution in [0.5, 0.6) is 0 Å². The summed E-state index contributed by atoms with van der Waals surface area (Å²) in [6.07, 6.45) is 0. The molecule has 106 valence electrons. The molecule has 0 nitrogen and oxygen atoms in total. The minimum atomic E-state index is 1.29. The van der Waals surface area contributed by atoms with E-state index in [1.165, 1.54) is 39.8 Å². The Bertz CT molecular complexity index is 1000. The van der Waals surface area contributed by atoms with E-state index in [2.05, 4.69) is 118 Å². The molecule has 0 heterocycles. The van der Waals surface area contributed by atoms with Gasteiger partial charge in [-0.25, -0.2) is 0 Å². The third-order valence-corrected chi connectivity index (χ3v) is 6.07. The standard InChI is InChI=1S/C20H12I2/c21-18-12-6-5-11-17(18)19-15-9-3-1-7-13(15)14-8-2-4-10-16(14)20(19)22/h1-12H. The lowest BCUT2D eigenvalue weighted by molar-refractivity contribution is 1.60. The lowest BCUT2D eigenvalue weighted by Crippen LogP contribution is -1.91. The fourth-order valence-electron chi connectivity index (χ4n) is 3.03. The third-order valence-electron chi connectivity index (χ3n) is 4.01. The van der Waals surface area contributed by atoms with Gasteiger partial charge in [0.2, 0.25) is 0 Å². The van der Waals surface area contributed by atoms with Gasteiger partial charge in [-0.2, -0.15) is 0 Å². The first-order chi connectivity index (χ1) is 10.8. The maximum Gasteiger partial charge on any atom is 0.0294 e. The fraction of sp³-hybridized carbons (Fsp3) is 0. The van der Waals surface area contributed by atoms with E-state index in [1.54, 1.807) is 0 Å². The largest absolute Gasteiger partial charge is 0.0616 e. The van der Waals surface area contributed by atoms with Crippen molar-refractivity contribution in [3.8, 4) is 11.1 Å². The molecule has 0 aliphatic heterocycles. The zero-order valence-electron chi connectivity index (χ0n) is 11.7. The first-order valence-electron chi connectivity index (χ1n) is 7.11. The number of hydrogen-bond acceptors (Lipinski definition) is 0. The van der Waals surface area contributed by atoms with Crippen LogP contribution in [0.2, 0.25) is 0 Å². The Labute approximate surface area is 156 Å². The molecule has 0 spiro atoms. The zero-order valence-corrected chi connectivity index (χ0v) is 16.0. The van der Waals surface area contributed by atoms with Gasteiger partial charge in [0.05, 0.1) is 0 Å². The maximum atomic E-state index is 2.50. The van der Waals surface area contributed by atoms with Gasteiger partial charge < -0.3 is 0 Å². The highest BCUT2D eigenvalue weighted by molar-refractivity contribution is 14.1. The summed E-state index contributed by atoms with van der Waals surface area (Å²) in [5, 5.41) is 5.32. The molecule has 4 rings (SSSR count). The van der Waals surface area contributed by atoms with Crippen molar-refractivity contribution in [1.82, 2.24) is 0 Å². The molecule has 2 heteroatoms. The molecule has 0 radical (unpaired) electrons. The van der Waals surface area contributed by atoms with Crippen LogP contribution in [0.3, 0.4) is 0 Å². The van der Waals surface area contributed by atoms with Crippen LogP contribution in [0.1, 0.15) is 0 Å². The number of hydrogen-bond donors (Lipinski definition) is 0. The third kappa shape index (κ3) is 2.24. The van der Waals surface area contributed by atoms with Gasteiger partial charge in [-0.1, -0.05) is 66.7 Å². The van der Waals surface area contributed by atoms with Gasteiger partial charge in [0.1, 0.15) is 0 Å². The first kappa shape index (κ1) is 14.5. The van der Waals surface area contributed by atoms with Crippen LogP contribution >= 0.6 is 45.2 Å². The van der Waals surface area contributed by atoms with Crippen LogP contribution in [0.25, 0.3) is 32.7 Å². The fourth-order valence-corrected chi connectivity index (χ4v) is 4.73. The van der Waals surface area contributed by atoms with Crippen LogP contribution in [0.4, 0.5) is 0 Å². The van der Waals surface area contributed by atoms with E-state index in [0.29, 0.717) is 0 Å². The van der Waals surface area contributed by atoms with Crippen LogP contribution in [-0.2, 0) is 0 Å². The zero-order chi connectivity index (χ0) is 15.1. The summed E-state index contributed by atoms with van der Waals surface area (Å²) in [6.45, 7) is 0. The van der Waals surface area contributed by atoms with E-state index in [1.807, 2.05) is 0 Å². The predicted octanol–water partition coefficient (Wildman–Crippen LogP) is 6.87. The Hall–Kier alpha value is -1.14. The smallest absolute Gasteiger partial charge is 0.0294 e. The molecule has 0 unspecified atom stereocenters. The molecule has 0 aromatic heterocycles. The Balaban J connectivity index is 2.26. The molecule has 0 aliphatic carbocycles. The van der Waals surface area contributed by atoms with Gasteiger partial charge in [-0.15, -0.1) is 0 Å². The minimum absolute atomic E-state index is 1.29. The number of halogens is 2. The number of rotatable bonds is 1. The van der Waals surface area contributed by atoms with Crippen LogP contribution in [-0.4, -0.2) is 0 Å². The number of fused-ring (bicyclic) bond motifs is 3. The molecule has 0 N–H and O–H groups in total. The maximum absolute atomic E-state index is 2.50. The van der Waals surface area contributed by atoms with Crippen molar-refractivity contribution in [1.29, 1.82) is 0 Å². The van der Waals surface area contributed by atoms with E-state index in [4.69, 9.17) is 0 Å². The molecule has 0 aliphatic rings. The van der Waals surface area contributed by atoms with Gasteiger partial charge >= 0.3 is 0 Å². The SMILES string of the molecule is Ic1ccccc1-c1c(I)c2ccccc2c2ccccc12. The lowest BCUT2D eigenvalue weighted by atomic mass is 9.93. The van der Waals surface area contributed by atoms with Crippen molar-refractivity contribution in [2.24, 2.45) is 0 Å². The second-order valence-electron chi connectivity index (χ2n) is 5.26. The molecule has 0 amide bonds. The molecular weight excluding hydrogens is 494 g/mol. The normalized spacial score (nSPS) is 11.2. The van der Waals surface area contributed by atoms with E-state index in [-0.39, 0.29) is 0 Å².